The fourth-order valence-electron chi connectivity index (χ4n) is 3.69. The van der Waals surface area contributed by atoms with Gasteiger partial charge in [-0.05, 0) is 25.2 Å². The highest BCUT2D eigenvalue weighted by molar-refractivity contribution is 5.88. The molecule has 1 saturated heterocycles. The Bertz CT molecular complexity index is 401. The lowest BCUT2D eigenvalue weighted by molar-refractivity contribution is -0.139. The van der Waals surface area contributed by atoms with E-state index in [2.05, 4.69) is 5.32 Å². The van der Waals surface area contributed by atoms with Crippen molar-refractivity contribution in [2.24, 2.45) is 5.92 Å². The van der Waals surface area contributed by atoms with E-state index in [1.54, 1.807) is 4.90 Å². The number of likely N-dealkylation sites (tertiary alicyclic amines) is 1. The van der Waals surface area contributed by atoms with E-state index in [1.165, 1.54) is 0 Å². The van der Waals surface area contributed by atoms with Gasteiger partial charge in [0.1, 0.15) is 6.04 Å². The van der Waals surface area contributed by atoms with Crippen LogP contribution in [0.15, 0.2) is 0 Å². The molecule has 1 atom stereocenters. The van der Waals surface area contributed by atoms with Gasteiger partial charge in [0.05, 0.1) is 5.60 Å². The molecule has 2 rings (SSSR count). The number of carbonyl (C=O) groups excluding carboxylic acids is 2. The van der Waals surface area contributed by atoms with E-state index < -0.39 is 11.6 Å². The first-order valence-corrected chi connectivity index (χ1v) is 8.72. The van der Waals surface area contributed by atoms with Gasteiger partial charge in [0.25, 0.3) is 0 Å². The molecule has 0 aromatic heterocycles. The fourth-order valence-corrected chi connectivity index (χ4v) is 3.69. The van der Waals surface area contributed by atoms with Crippen molar-refractivity contribution in [1.82, 2.24) is 10.2 Å². The highest BCUT2D eigenvalue weighted by Gasteiger charge is 2.36. The maximum absolute atomic E-state index is 12.6. The smallest absolute Gasteiger partial charge is 0.243 e. The first kappa shape index (κ1) is 17.3. The van der Waals surface area contributed by atoms with E-state index in [9.17, 15) is 14.7 Å². The zero-order valence-electron chi connectivity index (χ0n) is 13.9. The van der Waals surface area contributed by atoms with Crippen LogP contribution in [0, 0.1) is 5.92 Å². The lowest BCUT2D eigenvalue weighted by Crippen LogP contribution is -2.53. The third-order valence-electron chi connectivity index (χ3n) is 4.97. The van der Waals surface area contributed by atoms with Crippen LogP contribution in [0.5, 0.6) is 0 Å². The van der Waals surface area contributed by atoms with Gasteiger partial charge in [0.15, 0.2) is 0 Å². The quantitative estimate of drug-likeness (QED) is 0.761. The second-order valence-corrected chi connectivity index (χ2v) is 7.24. The molecule has 5 nitrogen and oxygen atoms in total. The monoisotopic (exact) mass is 310 g/mol. The molecule has 2 fully saturated rings. The van der Waals surface area contributed by atoms with Crippen LogP contribution in [0.1, 0.15) is 65.2 Å². The molecular formula is C17H30N2O3. The molecule has 2 aliphatic rings. The minimum Gasteiger partial charge on any atom is -0.388 e. The van der Waals surface area contributed by atoms with Crippen molar-refractivity contribution in [2.45, 2.75) is 76.9 Å². The average Bonchev–Trinajstić information content (AvgIpc) is 2.74. The third kappa shape index (κ3) is 4.22. The molecule has 2 amide bonds. The van der Waals surface area contributed by atoms with Gasteiger partial charge in [0.2, 0.25) is 11.8 Å². The summed E-state index contributed by atoms with van der Waals surface area (Å²) in [7, 11) is 0. The third-order valence-corrected chi connectivity index (χ3v) is 4.97. The van der Waals surface area contributed by atoms with Crippen LogP contribution in [0.3, 0.4) is 0 Å². The summed E-state index contributed by atoms with van der Waals surface area (Å²) in [6.45, 7) is 4.91. The maximum Gasteiger partial charge on any atom is 0.243 e. The van der Waals surface area contributed by atoms with Crippen LogP contribution in [-0.4, -0.2) is 46.6 Å². The molecule has 5 heteroatoms. The molecular weight excluding hydrogens is 280 g/mol. The summed E-state index contributed by atoms with van der Waals surface area (Å²) in [5, 5.41) is 13.6. The molecule has 2 N–H and O–H groups in total. The fraction of sp³-hybridized carbons (Fsp3) is 0.882. The van der Waals surface area contributed by atoms with E-state index in [1.807, 2.05) is 13.8 Å². The average molecular weight is 310 g/mol. The Morgan fingerprint density at radius 1 is 1.23 bits per heavy atom. The summed E-state index contributed by atoms with van der Waals surface area (Å²) < 4.78 is 0. The van der Waals surface area contributed by atoms with Gasteiger partial charge < -0.3 is 15.3 Å². The predicted molar refractivity (Wildman–Crippen MR) is 85.2 cm³/mol. The predicted octanol–water partition coefficient (Wildman–Crippen LogP) is 1.83. The summed E-state index contributed by atoms with van der Waals surface area (Å²) in [4.78, 5) is 26.2. The topological polar surface area (TPSA) is 69.6 Å². The Hall–Kier alpha value is -1.10. The first-order chi connectivity index (χ1) is 10.4. The summed E-state index contributed by atoms with van der Waals surface area (Å²) in [6.07, 6.45) is 7.24. The number of hydrogen-bond donors (Lipinski definition) is 2. The zero-order chi connectivity index (χ0) is 16.2. The number of amides is 2. The Labute approximate surface area is 133 Å². The van der Waals surface area contributed by atoms with E-state index in [0.29, 0.717) is 19.5 Å². The van der Waals surface area contributed by atoms with Crippen molar-refractivity contribution in [2.75, 3.05) is 13.1 Å². The molecule has 0 radical (unpaired) electrons. The highest BCUT2D eigenvalue weighted by atomic mass is 16.3. The molecule has 1 aliphatic carbocycles. The summed E-state index contributed by atoms with van der Waals surface area (Å²) in [5.41, 5.74) is -0.775. The van der Waals surface area contributed by atoms with Crippen LogP contribution in [0.4, 0.5) is 0 Å². The van der Waals surface area contributed by atoms with Crippen molar-refractivity contribution in [3.63, 3.8) is 0 Å². The van der Waals surface area contributed by atoms with Gasteiger partial charge in [-0.15, -0.1) is 0 Å². The van der Waals surface area contributed by atoms with Crippen molar-refractivity contribution in [3.8, 4) is 0 Å². The molecule has 0 aromatic carbocycles. The number of hydrogen-bond acceptors (Lipinski definition) is 3. The van der Waals surface area contributed by atoms with Gasteiger partial charge in [-0.1, -0.05) is 39.5 Å². The number of aliphatic hydroxyl groups is 1. The van der Waals surface area contributed by atoms with Crippen LogP contribution in [0.25, 0.3) is 0 Å². The Morgan fingerprint density at radius 2 is 1.86 bits per heavy atom. The van der Waals surface area contributed by atoms with Gasteiger partial charge >= 0.3 is 0 Å². The lowest BCUT2D eigenvalue weighted by atomic mass is 9.94. The molecule has 22 heavy (non-hydrogen) atoms. The van der Waals surface area contributed by atoms with E-state index in [-0.39, 0.29) is 17.7 Å². The van der Waals surface area contributed by atoms with Crippen LogP contribution in [0.2, 0.25) is 0 Å². The molecule has 1 heterocycles. The molecule has 0 bridgehead atoms. The van der Waals surface area contributed by atoms with Crippen molar-refractivity contribution >= 4 is 11.8 Å². The molecule has 1 aliphatic heterocycles. The highest BCUT2D eigenvalue weighted by Crippen LogP contribution is 2.26. The summed E-state index contributed by atoms with van der Waals surface area (Å²) in [5.74, 6) is 0.0239. The van der Waals surface area contributed by atoms with Crippen molar-refractivity contribution < 1.29 is 14.7 Å². The Kier molecular flexibility index (Phi) is 5.84. The molecule has 0 aromatic rings. The zero-order valence-corrected chi connectivity index (χ0v) is 13.9. The summed E-state index contributed by atoms with van der Waals surface area (Å²) in [6, 6.07) is -0.413. The first-order valence-electron chi connectivity index (χ1n) is 8.72. The van der Waals surface area contributed by atoms with Gasteiger partial charge in [-0.2, -0.15) is 0 Å². The van der Waals surface area contributed by atoms with E-state index in [4.69, 9.17) is 0 Å². The van der Waals surface area contributed by atoms with E-state index in [0.717, 1.165) is 44.9 Å². The molecule has 126 valence electrons. The number of carbonyl (C=O) groups is 2. The minimum absolute atomic E-state index is 0.0713. The number of nitrogens with zero attached hydrogens (tertiary/aromatic N) is 1. The number of nitrogens with one attached hydrogen (secondary N) is 1. The lowest BCUT2D eigenvalue weighted by Gasteiger charge is -2.32. The van der Waals surface area contributed by atoms with Crippen LogP contribution >= 0.6 is 0 Å². The largest absolute Gasteiger partial charge is 0.388 e. The van der Waals surface area contributed by atoms with Crippen molar-refractivity contribution in [1.29, 1.82) is 0 Å². The Balaban J connectivity index is 1.94. The second kappa shape index (κ2) is 7.44. The summed E-state index contributed by atoms with van der Waals surface area (Å²) >= 11 is 0. The maximum atomic E-state index is 12.6. The van der Waals surface area contributed by atoms with E-state index >= 15 is 0 Å². The Morgan fingerprint density at radius 3 is 2.36 bits per heavy atom. The number of rotatable bonds is 5. The normalized spacial score (nSPS) is 23.5. The standard InChI is InChI=1S/C17H30N2O3/c1-13(2)15(19-11-7-8-14(19)20)16(21)18-12-17(22)9-5-3-4-6-10-17/h13,15,22H,3-12H2,1-2H3,(H,18,21)/t15-/m0/s1. The van der Waals surface area contributed by atoms with Gasteiger partial charge in [0, 0.05) is 19.5 Å². The second-order valence-electron chi connectivity index (χ2n) is 7.24. The van der Waals surface area contributed by atoms with Crippen LogP contribution < -0.4 is 5.32 Å². The van der Waals surface area contributed by atoms with Crippen LogP contribution in [-0.2, 0) is 9.59 Å². The molecule has 1 saturated carbocycles. The molecule has 0 unspecified atom stereocenters. The van der Waals surface area contributed by atoms with Gasteiger partial charge in [-0.25, -0.2) is 0 Å². The van der Waals surface area contributed by atoms with Crippen molar-refractivity contribution in [3.05, 3.63) is 0 Å². The minimum atomic E-state index is -0.775. The molecule has 0 spiro atoms. The van der Waals surface area contributed by atoms with Gasteiger partial charge in [-0.3, -0.25) is 9.59 Å². The SMILES string of the molecule is CC(C)[C@@H](C(=O)NCC1(O)CCCCCC1)N1CCCC1=O.